The molecule has 39 heavy (non-hydrogen) atoms. The highest BCUT2D eigenvalue weighted by Crippen LogP contribution is 2.43. The van der Waals surface area contributed by atoms with Gasteiger partial charge in [-0.2, -0.15) is 0 Å². The van der Waals surface area contributed by atoms with E-state index in [1.807, 2.05) is 13.0 Å². The van der Waals surface area contributed by atoms with Crippen molar-refractivity contribution in [2.45, 2.75) is 52.3 Å². The maximum atomic E-state index is 13.4. The average Bonchev–Trinajstić information content (AvgIpc) is 3.62. The summed E-state index contributed by atoms with van der Waals surface area (Å²) in [4.78, 5) is 28.2. The quantitative estimate of drug-likeness (QED) is 0.216. The molecule has 3 aromatic rings. The average molecular weight is 532 g/mol. The molecule has 1 amide bonds. The first-order valence-electron chi connectivity index (χ1n) is 13.2. The fourth-order valence-corrected chi connectivity index (χ4v) is 5.06. The number of Topliss-reactive ketones (excluding diaryl/α,β-unsaturated/α-hetero) is 1. The Morgan fingerprint density at radius 3 is 2.67 bits per heavy atom. The predicted molar refractivity (Wildman–Crippen MR) is 145 cm³/mol. The lowest BCUT2D eigenvalue weighted by atomic mass is 9.94. The van der Waals surface area contributed by atoms with Gasteiger partial charge in [0.05, 0.1) is 38.1 Å². The van der Waals surface area contributed by atoms with Crippen molar-refractivity contribution in [1.29, 1.82) is 0 Å². The van der Waals surface area contributed by atoms with Crippen LogP contribution >= 0.6 is 0 Å². The van der Waals surface area contributed by atoms with E-state index in [1.54, 1.807) is 49.6 Å². The van der Waals surface area contributed by atoms with Crippen molar-refractivity contribution in [2.24, 2.45) is 5.92 Å². The molecular weight excluding hydrogens is 498 g/mol. The van der Waals surface area contributed by atoms with Gasteiger partial charge in [-0.15, -0.1) is 0 Å². The number of aliphatic hydroxyl groups excluding tert-OH is 1. The lowest BCUT2D eigenvalue weighted by molar-refractivity contribution is -0.140. The molecule has 2 aromatic carbocycles. The molecule has 2 atom stereocenters. The van der Waals surface area contributed by atoms with Crippen molar-refractivity contribution in [1.82, 2.24) is 4.90 Å². The van der Waals surface area contributed by atoms with E-state index in [0.29, 0.717) is 47.3 Å². The van der Waals surface area contributed by atoms with Gasteiger partial charge in [-0.1, -0.05) is 19.9 Å². The standard InChI is InChI=1S/C31H33NO7/c1-18(2)11-13-38-25-10-7-20(16-26(25)36-4)28-27(30(34)31(35)32(28)17-23-6-5-12-37-23)29(33)21-8-9-24-22(15-21)14-19(3)39-24/h5-10,12,15-16,18-19,28,33H,11,13-14,17H2,1-4H3/b29-27-. The van der Waals surface area contributed by atoms with Gasteiger partial charge in [-0.25, -0.2) is 0 Å². The Morgan fingerprint density at radius 2 is 1.95 bits per heavy atom. The van der Waals surface area contributed by atoms with Crippen molar-refractivity contribution in [3.63, 3.8) is 0 Å². The van der Waals surface area contributed by atoms with Crippen LogP contribution < -0.4 is 14.2 Å². The molecule has 2 unspecified atom stereocenters. The van der Waals surface area contributed by atoms with Crippen molar-refractivity contribution in [3.05, 3.63) is 82.8 Å². The van der Waals surface area contributed by atoms with Gasteiger partial charge in [0.25, 0.3) is 11.7 Å². The number of furan rings is 1. The Kier molecular flexibility index (Phi) is 7.37. The number of hydrogen-bond acceptors (Lipinski definition) is 7. The Balaban J connectivity index is 1.58. The minimum absolute atomic E-state index is 0.00833. The molecule has 1 fully saturated rings. The van der Waals surface area contributed by atoms with Gasteiger partial charge >= 0.3 is 0 Å². The van der Waals surface area contributed by atoms with E-state index in [2.05, 4.69) is 13.8 Å². The van der Waals surface area contributed by atoms with E-state index >= 15 is 0 Å². The lowest BCUT2D eigenvalue weighted by Gasteiger charge is -2.25. The van der Waals surface area contributed by atoms with Gasteiger partial charge in [0, 0.05) is 12.0 Å². The molecule has 0 saturated carbocycles. The molecule has 2 aliphatic rings. The van der Waals surface area contributed by atoms with Gasteiger partial charge in [0.15, 0.2) is 11.5 Å². The number of carbonyl (C=O) groups is 2. The van der Waals surface area contributed by atoms with E-state index in [0.717, 1.165) is 17.7 Å². The summed E-state index contributed by atoms with van der Waals surface area (Å²) >= 11 is 0. The van der Waals surface area contributed by atoms with Crippen LogP contribution in [0.4, 0.5) is 0 Å². The predicted octanol–water partition coefficient (Wildman–Crippen LogP) is 5.66. The zero-order valence-electron chi connectivity index (χ0n) is 22.6. The summed E-state index contributed by atoms with van der Waals surface area (Å²) in [7, 11) is 1.54. The molecule has 0 aliphatic carbocycles. The van der Waals surface area contributed by atoms with Gasteiger partial charge < -0.3 is 28.6 Å². The highest BCUT2D eigenvalue weighted by atomic mass is 16.5. The smallest absolute Gasteiger partial charge is 0.296 e. The number of aliphatic hydroxyl groups is 1. The first-order valence-corrected chi connectivity index (χ1v) is 13.2. The molecule has 5 rings (SSSR count). The molecule has 3 heterocycles. The number of likely N-dealkylation sites (tertiary alicyclic amines) is 1. The summed E-state index contributed by atoms with van der Waals surface area (Å²) in [5, 5.41) is 11.5. The molecular formula is C31H33NO7. The summed E-state index contributed by atoms with van der Waals surface area (Å²) in [6.07, 6.45) is 3.13. The molecule has 0 radical (unpaired) electrons. The number of benzene rings is 2. The third-order valence-corrected chi connectivity index (χ3v) is 7.07. The number of ketones is 1. The zero-order chi connectivity index (χ0) is 27.7. The van der Waals surface area contributed by atoms with Gasteiger partial charge in [-0.3, -0.25) is 9.59 Å². The number of rotatable bonds is 9. The van der Waals surface area contributed by atoms with Crippen molar-refractivity contribution < 1.29 is 33.3 Å². The second kappa shape index (κ2) is 10.9. The first kappa shape index (κ1) is 26.4. The number of nitrogens with zero attached hydrogens (tertiary/aromatic N) is 1. The number of hydrogen-bond donors (Lipinski definition) is 1. The number of methoxy groups -OCH3 is 1. The van der Waals surface area contributed by atoms with E-state index < -0.39 is 17.7 Å². The minimum Gasteiger partial charge on any atom is -0.507 e. The largest absolute Gasteiger partial charge is 0.507 e. The molecule has 1 saturated heterocycles. The summed E-state index contributed by atoms with van der Waals surface area (Å²) in [6.45, 7) is 6.82. The van der Waals surface area contributed by atoms with Crippen LogP contribution in [0.3, 0.4) is 0 Å². The highest BCUT2D eigenvalue weighted by Gasteiger charge is 2.46. The second-order valence-electron chi connectivity index (χ2n) is 10.4. The molecule has 8 nitrogen and oxygen atoms in total. The van der Waals surface area contributed by atoms with Crippen LogP contribution in [0.1, 0.15) is 55.7 Å². The molecule has 0 bridgehead atoms. The summed E-state index contributed by atoms with van der Waals surface area (Å²) < 4.78 is 22.8. The van der Waals surface area contributed by atoms with Gasteiger partial charge in [0.1, 0.15) is 23.4 Å². The minimum atomic E-state index is -0.864. The molecule has 204 valence electrons. The van der Waals surface area contributed by atoms with Crippen LogP contribution in [0, 0.1) is 5.92 Å². The molecule has 1 aromatic heterocycles. The zero-order valence-corrected chi connectivity index (χ0v) is 22.6. The number of ether oxygens (including phenoxy) is 3. The third-order valence-electron chi connectivity index (χ3n) is 7.07. The molecule has 1 N–H and O–H groups in total. The maximum Gasteiger partial charge on any atom is 0.296 e. The maximum absolute atomic E-state index is 13.4. The Hall–Kier alpha value is -4.20. The van der Waals surface area contributed by atoms with E-state index in [1.165, 1.54) is 11.2 Å². The molecule has 8 heteroatoms. The monoisotopic (exact) mass is 531 g/mol. The fourth-order valence-electron chi connectivity index (χ4n) is 5.06. The van der Waals surface area contributed by atoms with Crippen LogP contribution in [-0.2, 0) is 22.6 Å². The van der Waals surface area contributed by atoms with Crippen LogP contribution in [0.2, 0.25) is 0 Å². The van der Waals surface area contributed by atoms with E-state index in [4.69, 9.17) is 18.6 Å². The normalized spacial score (nSPS) is 19.9. The summed E-state index contributed by atoms with van der Waals surface area (Å²) in [5.41, 5.74) is 2.01. The SMILES string of the molecule is COc1cc(C2/C(=C(/O)c3ccc4c(c3)CC(C)O4)C(=O)C(=O)N2Cc2ccco2)ccc1OCCC(C)C. The number of amides is 1. The number of fused-ring (bicyclic) bond motifs is 1. The Labute approximate surface area is 227 Å². The van der Waals surface area contributed by atoms with E-state index in [-0.39, 0.29) is 24.0 Å². The molecule has 2 aliphatic heterocycles. The van der Waals surface area contributed by atoms with Gasteiger partial charge in [0.2, 0.25) is 0 Å². The Bertz CT molecular complexity index is 1410. The topological polar surface area (TPSA) is 98.4 Å². The van der Waals surface area contributed by atoms with Crippen LogP contribution in [0.15, 0.2) is 64.8 Å². The van der Waals surface area contributed by atoms with Crippen LogP contribution in [-0.4, -0.2) is 41.5 Å². The second-order valence-corrected chi connectivity index (χ2v) is 10.4. The van der Waals surface area contributed by atoms with Crippen molar-refractivity contribution in [2.75, 3.05) is 13.7 Å². The lowest BCUT2D eigenvalue weighted by Crippen LogP contribution is -2.29. The summed E-state index contributed by atoms with van der Waals surface area (Å²) in [5.74, 6) is 1.10. The highest BCUT2D eigenvalue weighted by molar-refractivity contribution is 6.46. The van der Waals surface area contributed by atoms with Crippen LogP contribution in [0.25, 0.3) is 5.76 Å². The van der Waals surface area contributed by atoms with Crippen molar-refractivity contribution >= 4 is 17.4 Å². The van der Waals surface area contributed by atoms with Crippen LogP contribution in [0.5, 0.6) is 17.2 Å². The first-order chi connectivity index (χ1) is 18.8. The van der Waals surface area contributed by atoms with Gasteiger partial charge in [-0.05, 0) is 72.9 Å². The third kappa shape index (κ3) is 5.24. The Morgan fingerprint density at radius 1 is 1.13 bits per heavy atom. The summed E-state index contributed by atoms with van der Waals surface area (Å²) in [6, 6.07) is 13.2. The van der Waals surface area contributed by atoms with Crippen molar-refractivity contribution in [3.8, 4) is 17.2 Å². The fraction of sp³-hybridized carbons (Fsp3) is 0.355. The van der Waals surface area contributed by atoms with E-state index in [9.17, 15) is 14.7 Å². The number of carbonyl (C=O) groups excluding carboxylic acids is 2. The molecule has 0 spiro atoms.